The number of piperazine rings is 1. The first-order valence-corrected chi connectivity index (χ1v) is 11.5. The van der Waals surface area contributed by atoms with E-state index in [4.69, 9.17) is 4.74 Å². The summed E-state index contributed by atoms with van der Waals surface area (Å²) in [7, 11) is -2.07. The summed E-state index contributed by atoms with van der Waals surface area (Å²) >= 11 is 0. The Morgan fingerprint density at radius 3 is 2.27 bits per heavy atom. The van der Waals surface area contributed by atoms with Crippen molar-refractivity contribution in [1.82, 2.24) is 9.21 Å². The predicted molar refractivity (Wildman–Crippen MR) is 118 cm³/mol. The van der Waals surface area contributed by atoms with Crippen molar-refractivity contribution in [2.75, 3.05) is 33.3 Å². The topological polar surface area (TPSA) is 66.9 Å². The van der Waals surface area contributed by atoms with Crippen LogP contribution in [0.25, 0.3) is 0 Å². The molecule has 1 amide bonds. The number of sulfonamides is 1. The van der Waals surface area contributed by atoms with Gasteiger partial charge in [-0.05, 0) is 47.7 Å². The third-order valence-electron chi connectivity index (χ3n) is 5.51. The molecule has 0 N–H and O–H groups in total. The summed E-state index contributed by atoms with van der Waals surface area (Å²) in [6, 6.07) is 12.7. The normalized spacial score (nSPS) is 15.8. The Balaban J connectivity index is 1.76. The maximum atomic E-state index is 13.3. The van der Waals surface area contributed by atoms with Gasteiger partial charge in [0.1, 0.15) is 5.75 Å². The van der Waals surface area contributed by atoms with E-state index >= 15 is 0 Å². The summed E-state index contributed by atoms with van der Waals surface area (Å²) in [5.41, 5.74) is 2.12. The molecule has 1 heterocycles. The van der Waals surface area contributed by atoms with Crippen LogP contribution in [0.15, 0.2) is 47.4 Å². The van der Waals surface area contributed by atoms with Crippen LogP contribution in [0.1, 0.15) is 42.3 Å². The van der Waals surface area contributed by atoms with E-state index in [-0.39, 0.29) is 24.4 Å². The summed E-state index contributed by atoms with van der Waals surface area (Å²) in [5.74, 6) is 0.508. The lowest BCUT2D eigenvalue weighted by Gasteiger charge is -2.34. The molecule has 2 aromatic carbocycles. The molecule has 0 spiro atoms. The Morgan fingerprint density at radius 1 is 1.00 bits per heavy atom. The van der Waals surface area contributed by atoms with Gasteiger partial charge in [-0.2, -0.15) is 4.31 Å². The number of benzene rings is 2. The fourth-order valence-corrected chi connectivity index (χ4v) is 5.23. The molecule has 30 heavy (non-hydrogen) atoms. The molecule has 7 heteroatoms. The second kappa shape index (κ2) is 8.40. The number of amides is 1. The number of methoxy groups -OCH3 is 1. The molecule has 0 atom stereocenters. The molecule has 2 aromatic rings. The molecule has 1 saturated heterocycles. The van der Waals surface area contributed by atoms with Gasteiger partial charge in [-0.15, -0.1) is 0 Å². The molecule has 0 radical (unpaired) electrons. The number of ether oxygens (including phenoxy) is 1. The Labute approximate surface area is 179 Å². The first kappa shape index (κ1) is 22.3. The minimum Gasteiger partial charge on any atom is -0.497 e. The average Bonchev–Trinajstić information content (AvgIpc) is 2.72. The highest BCUT2D eigenvalue weighted by Crippen LogP contribution is 2.29. The van der Waals surface area contributed by atoms with E-state index in [9.17, 15) is 13.2 Å². The first-order chi connectivity index (χ1) is 14.0. The third kappa shape index (κ3) is 4.52. The van der Waals surface area contributed by atoms with Crippen LogP contribution in [0.3, 0.4) is 0 Å². The molecular formula is C23H30N2O4S. The summed E-state index contributed by atoms with van der Waals surface area (Å²) < 4.78 is 33.3. The standard InChI is InChI=1S/C23H30N2O4S/c1-17-9-10-19(23(2,3)4)16-21(17)30(27,28)25-13-11-24(12-14-25)22(26)18-7-6-8-20(15-18)29-5/h6-10,15-16H,11-14H2,1-5H3. The second-order valence-electron chi connectivity index (χ2n) is 8.66. The Hall–Kier alpha value is -2.38. The van der Waals surface area contributed by atoms with Gasteiger partial charge in [-0.25, -0.2) is 8.42 Å². The minimum absolute atomic E-state index is 0.114. The zero-order valence-electron chi connectivity index (χ0n) is 18.3. The van der Waals surface area contributed by atoms with Crippen molar-refractivity contribution in [3.05, 3.63) is 59.2 Å². The maximum absolute atomic E-state index is 13.3. The second-order valence-corrected chi connectivity index (χ2v) is 10.6. The monoisotopic (exact) mass is 430 g/mol. The molecule has 1 aliphatic rings. The number of carbonyl (C=O) groups excluding carboxylic acids is 1. The lowest BCUT2D eigenvalue weighted by atomic mass is 9.87. The minimum atomic E-state index is -3.62. The molecule has 0 bridgehead atoms. The van der Waals surface area contributed by atoms with Crippen LogP contribution in [-0.4, -0.2) is 56.8 Å². The lowest BCUT2D eigenvalue weighted by Crippen LogP contribution is -2.50. The van der Waals surface area contributed by atoms with Gasteiger partial charge in [0.25, 0.3) is 5.91 Å². The molecule has 1 aliphatic heterocycles. The highest BCUT2D eigenvalue weighted by molar-refractivity contribution is 7.89. The van der Waals surface area contributed by atoms with Gasteiger partial charge in [0.2, 0.25) is 10.0 Å². The molecule has 0 aliphatic carbocycles. The zero-order valence-corrected chi connectivity index (χ0v) is 19.1. The van der Waals surface area contributed by atoms with Crippen LogP contribution in [-0.2, 0) is 15.4 Å². The highest BCUT2D eigenvalue weighted by atomic mass is 32.2. The first-order valence-electron chi connectivity index (χ1n) is 10.1. The van der Waals surface area contributed by atoms with E-state index in [2.05, 4.69) is 20.8 Å². The summed E-state index contributed by atoms with van der Waals surface area (Å²) in [5, 5.41) is 0. The highest BCUT2D eigenvalue weighted by Gasteiger charge is 2.32. The quantitative estimate of drug-likeness (QED) is 0.745. The van der Waals surface area contributed by atoms with Crippen LogP contribution in [0.2, 0.25) is 0 Å². The summed E-state index contributed by atoms with van der Waals surface area (Å²) in [6.07, 6.45) is 0. The predicted octanol–water partition coefficient (Wildman–Crippen LogP) is 3.45. The van der Waals surface area contributed by atoms with Crippen molar-refractivity contribution in [3.8, 4) is 5.75 Å². The molecular weight excluding hydrogens is 400 g/mol. The molecule has 0 saturated carbocycles. The number of hydrogen-bond acceptors (Lipinski definition) is 4. The number of carbonyl (C=O) groups is 1. The van der Waals surface area contributed by atoms with Gasteiger partial charge < -0.3 is 9.64 Å². The van der Waals surface area contributed by atoms with Gasteiger partial charge in [-0.3, -0.25) is 4.79 Å². The Bertz CT molecular complexity index is 1030. The molecule has 0 unspecified atom stereocenters. The van der Waals surface area contributed by atoms with Crippen molar-refractivity contribution >= 4 is 15.9 Å². The number of rotatable bonds is 4. The van der Waals surface area contributed by atoms with E-state index in [1.807, 2.05) is 19.1 Å². The van der Waals surface area contributed by atoms with Crippen LogP contribution < -0.4 is 4.74 Å². The van der Waals surface area contributed by atoms with Gasteiger partial charge in [0.05, 0.1) is 12.0 Å². The lowest BCUT2D eigenvalue weighted by molar-refractivity contribution is 0.0697. The average molecular weight is 431 g/mol. The van der Waals surface area contributed by atoms with Crippen molar-refractivity contribution in [3.63, 3.8) is 0 Å². The van der Waals surface area contributed by atoms with Crippen molar-refractivity contribution in [2.24, 2.45) is 0 Å². The largest absolute Gasteiger partial charge is 0.497 e. The number of hydrogen-bond donors (Lipinski definition) is 0. The molecule has 3 rings (SSSR count). The smallest absolute Gasteiger partial charge is 0.254 e. The fraction of sp³-hybridized carbons (Fsp3) is 0.435. The summed E-state index contributed by atoms with van der Waals surface area (Å²) in [6.45, 7) is 9.28. The van der Waals surface area contributed by atoms with Gasteiger partial charge in [0, 0.05) is 31.7 Å². The van der Waals surface area contributed by atoms with Crippen molar-refractivity contribution in [2.45, 2.75) is 38.0 Å². The van der Waals surface area contributed by atoms with Gasteiger partial charge in [0.15, 0.2) is 0 Å². The van der Waals surface area contributed by atoms with Crippen molar-refractivity contribution < 1.29 is 17.9 Å². The van der Waals surface area contributed by atoms with E-state index in [0.29, 0.717) is 29.3 Å². The third-order valence-corrected chi connectivity index (χ3v) is 7.56. The van der Waals surface area contributed by atoms with E-state index in [1.54, 1.807) is 42.3 Å². The van der Waals surface area contributed by atoms with Crippen LogP contribution in [0, 0.1) is 6.92 Å². The molecule has 6 nitrogen and oxygen atoms in total. The molecule has 1 fully saturated rings. The zero-order chi connectivity index (χ0) is 22.1. The van der Waals surface area contributed by atoms with Gasteiger partial charge >= 0.3 is 0 Å². The van der Waals surface area contributed by atoms with E-state index in [1.165, 1.54) is 4.31 Å². The van der Waals surface area contributed by atoms with E-state index in [0.717, 1.165) is 11.1 Å². The molecule has 162 valence electrons. The van der Waals surface area contributed by atoms with Crippen LogP contribution >= 0.6 is 0 Å². The summed E-state index contributed by atoms with van der Waals surface area (Å²) in [4.78, 5) is 14.8. The Kier molecular flexibility index (Phi) is 6.24. The fourth-order valence-electron chi connectivity index (χ4n) is 3.55. The van der Waals surface area contributed by atoms with Gasteiger partial charge in [-0.1, -0.05) is 39.0 Å². The SMILES string of the molecule is COc1cccc(C(=O)N2CCN(S(=O)(=O)c3cc(C(C)(C)C)ccc3C)CC2)c1. The van der Waals surface area contributed by atoms with Crippen molar-refractivity contribution in [1.29, 1.82) is 0 Å². The number of nitrogens with zero attached hydrogens (tertiary/aromatic N) is 2. The van der Waals surface area contributed by atoms with E-state index < -0.39 is 10.0 Å². The molecule has 0 aromatic heterocycles. The van der Waals surface area contributed by atoms with Crippen LogP contribution in [0.4, 0.5) is 0 Å². The van der Waals surface area contributed by atoms with Crippen LogP contribution in [0.5, 0.6) is 5.75 Å². The Morgan fingerprint density at radius 2 is 1.67 bits per heavy atom. The number of aryl methyl sites for hydroxylation is 1. The maximum Gasteiger partial charge on any atom is 0.254 e.